The summed E-state index contributed by atoms with van der Waals surface area (Å²) in [4.78, 5) is 0. The minimum absolute atomic E-state index is 0.0104. The van der Waals surface area contributed by atoms with Gasteiger partial charge in [-0.1, -0.05) is 106 Å². The van der Waals surface area contributed by atoms with E-state index >= 15 is 0 Å². The van der Waals surface area contributed by atoms with Gasteiger partial charge in [0.25, 0.3) is 0 Å². The van der Waals surface area contributed by atoms with E-state index in [1.54, 1.807) is 0 Å². The third kappa shape index (κ3) is 5.57. The fraction of sp³-hybridized carbons (Fsp3) is 0.357. The SMILES string of the molecule is CN([C@H](c1ccccc1P(c1ccccc1)c1ccccc1)C(C)(C)C)[S@](=O)C(C)(C)C. The molecule has 0 unspecified atom stereocenters. The zero-order valence-electron chi connectivity index (χ0n) is 20.4. The molecule has 2 atom stereocenters. The summed E-state index contributed by atoms with van der Waals surface area (Å²) in [6.07, 6.45) is 0. The molecule has 0 heterocycles. The Kier molecular flexibility index (Phi) is 7.76. The molecule has 0 saturated carbocycles. The summed E-state index contributed by atoms with van der Waals surface area (Å²) in [5.74, 6) is 0. The maximum atomic E-state index is 13.5. The number of hydrogen-bond acceptors (Lipinski definition) is 1. The van der Waals surface area contributed by atoms with Crippen LogP contribution in [0.2, 0.25) is 0 Å². The highest BCUT2D eigenvalue weighted by Crippen LogP contribution is 2.43. The highest BCUT2D eigenvalue weighted by atomic mass is 32.2. The molecule has 0 amide bonds. The van der Waals surface area contributed by atoms with Crippen molar-refractivity contribution >= 4 is 34.8 Å². The highest BCUT2D eigenvalue weighted by Gasteiger charge is 2.38. The lowest BCUT2D eigenvalue weighted by molar-refractivity contribution is 0.207. The van der Waals surface area contributed by atoms with Crippen LogP contribution in [0.4, 0.5) is 0 Å². The predicted octanol–water partition coefficient (Wildman–Crippen LogP) is 5.93. The van der Waals surface area contributed by atoms with Crippen LogP contribution in [0.15, 0.2) is 84.9 Å². The summed E-state index contributed by atoms with van der Waals surface area (Å²) in [6, 6.07) is 30.4. The maximum absolute atomic E-state index is 13.5. The minimum atomic E-state index is -1.13. The molecule has 0 aliphatic heterocycles. The van der Waals surface area contributed by atoms with Crippen LogP contribution in [-0.4, -0.2) is 20.3 Å². The Morgan fingerprint density at radius 2 is 1.16 bits per heavy atom. The molecule has 0 aromatic heterocycles. The summed E-state index contributed by atoms with van der Waals surface area (Å²) in [5.41, 5.74) is 1.17. The van der Waals surface area contributed by atoms with Crippen LogP contribution in [0.1, 0.15) is 53.1 Å². The molecule has 0 aliphatic carbocycles. The normalized spacial score (nSPS) is 14.5. The second-order valence-corrected chi connectivity index (χ2v) is 14.7. The average Bonchev–Trinajstić information content (AvgIpc) is 2.74. The Hall–Kier alpha value is -1.80. The second kappa shape index (κ2) is 10.00. The van der Waals surface area contributed by atoms with Crippen LogP contribution in [-0.2, 0) is 11.0 Å². The van der Waals surface area contributed by atoms with Gasteiger partial charge in [-0.3, -0.25) is 0 Å². The Morgan fingerprint density at radius 1 is 0.719 bits per heavy atom. The van der Waals surface area contributed by atoms with Crippen LogP contribution in [0.3, 0.4) is 0 Å². The van der Waals surface area contributed by atoms with Gasteiger partial charge in [0.15, 0.2) is 0 Å². The first-order chi connectivity index (χ1) is 15.0. The van der Waals surface area contributed by atoms with Crippen molar-refractivity contribution in [1.29, 1.82) is 0 Å². The van der Waals surface area contributed by atoms with Crippen molar-refractivity contribution in [1.82, 2.24) is 4.31 Å². The van der Waals surface area contributed by atoms with E-state index in [0.717, 1.165) is 0 Å². The Balaban J connectivity index is 2.23. The zero-order valence-corrected chi connectivity index (χ0v) is 22.1. The molecule has 0 aliphatic rings. The zero-order chi connectivity index (χ0) is 23.5. The van der Waals surface area contributed by atoms with E-state index in [1.165, 1.54) is 21.5 Å². The molecule has 170 valence electrons. The van der Waals surface area contributed by atoms with Crippen LogP contribution >= 0.6 is 7.92 Å². The highest BCUT2D eigenvalue weighted by molar-refractivity contribution is 7.84. The minimum Gasteiger partial charge on any atom is -0.242 e. The van der Waals surface area contributed by atoms with Gasteiger partial charge in [-0.25, -0.2) is 8.51 Å². The summed E-state index contributed by atoms with van der Waals surface area (Å²) < 4.78 is 15.3. The molecule has 2 nitrogen and oxygen atoms in total. The van der Waals surface area contributed by atoms with Crippen molar-refractivity contribution in [3.05, 3.63) is 90.5 Å². The molecule has 0 spiro atoms. The van der Waals surface area contributed by atoms with E-state index in [2.05, 4.69) is 110 Å². The van der Waals surface area contributed by atoms with E-state index in [1.807, 2.05) is 27.8 Å². The summed E-state index contributed by atoms with van der Waals surface area (Å²) >= 11 is 0. The molecule has 0 fully saturated rings. The van der Waals surface area contributed by atoms with Crippen molar-refractivity contribution in [2.45, 2.75) is 52.3 Å². The van der Waals surface area contributed by atoms with Gasteiger partial charge in [0.1, 0.15) is 11.0 Å². The lowest BCUT2D eigenvalue weighted by atomic mass is 9.82. The van der Waals surface area contributed by atoms with Crippen LogP contribution in [0.25, 0.3) is 0 Å². The molecule has 3 aromatic rings. The molecule has 0 saturated heterocycles. The summed E-state index contributed by atoms with van der Waals surface area (Å²) in [6.45, 7) is 12.9. The van der Waals surface area contributed by atoms with Gasteiger partial charge in [-0.2, -0.15) is 0 Å². The lowest BCUT2D eigenvalue weighted by Crippen LogP contribution is -2.43. The molecule has 0 radical (unpaired) electrons. The first kappa shape index (κ1) is 24.8. The fourth-order valence-electron chi connectivity index (χ4n) is 4.24. The topological polar surface area (TPSA) is 20.3 Å². The van der Waals surface area contributed by atoms with Gasteiger partial charge in [0.2, 0.25) is 0 Å². The van der Waals surface area contributed by atoms with E-state index < -0.39 is 18.9 Å². The average molecular weight is 466 g/mol. The third-order valence-corrected chi connectivity index (χ3v) is 9.77. The maximum Gasteiger partial charge on any atom is 0.100 e. The van der Waals surface area contributed by atoms with Gasteiger partial charge in [-0.05, 0) is 55.6 Å². The molecular weight excluding hydrogens is 429 g/mol. The Morgan fingerprint density at radius 3 is 1.59 bits per heavy atom. The lowest BCUT2D eigenvalue weighted by Gasteiger charge is -2.41. The first-order valence-electron chi connectivity index (χ1n) is 11.2. The number of nitrogens with zero attached hydrogens (tertiary/aromatic N) is 1. The van der Waals surface area contributed by atoms with Crippen molar-refractivity contribution in [2.24, 2.45) is 5.41 Å². The summed E-state index contributed by atoms with van der Waals surface area (Å²) in [7, 11) is 0.142. The molecule has 4 heteroatoms. The van der Waals surface area contributed by atoms with Gasteiger partial charge in [0, 0.05) is 7.05 Å². The van der Waals surface area contributed by atoms with E-state index in [0.29, 0.717) is 0 Å². The summed E-state index contributed by atoms with van der Waals surface area (Å²) in [5, 5.41) is 3.99. The van der Waals surface area contributed by atoms with Crippen molar-refractivity contribution < 1.29 is 4.21 Å². The van der Waals surface area contributed by atoms with Gasteiger partial charge in [0.05, 0.1) is 10.8 Å². The van der Waals surface area contributed by atoms with Crippen molar-refractivity contribution in [3.8, 4) is 0 Å². The molecule has 0 N–H and O–H groups in total. The van der Waals surface area contributed by atoms with Crippen LogP contribution in [0.5, 0.6) is 0 Å². The predicted molar refractivity (Wildman–Crippen MR) is 143 cm³/mol. The number of hydrogen-bond donors (Lipinski definition) is 0. The van der Waals surface area contributed by atoms with Crippen LogP contribution < -0.4 is 15.9 Å². The van der Waals surface area contributed by atoms with E-state index in [-0.39, 0.29) is 16.2 Å². The molecular formula is C28H36NOPS. The number of benzene rings is 3. The van der Waals surface area contributed by atoms with Crippen LogP contribution in [0, 0.1) is 5.41 Å². The molecule has 32 heavy (non-hydrogen) atoms. The molecule has 3 rings (SSSR count). The quantitative estimate of drug-likeness (QED) is 0.414. The van der Waals surface area contributed by atoms with Gasteiger partial charge in [-0.15, -0.1) is 0 Å². The fourth-order valence-corrected chi connectivity index (χ4v) is 8.21. The van der Waals surface area contributed by atoms with Gasteiger partial charge < -0.3 is 0 Å². The standard InChI is InChI=1S/C28H36NOPS/c1-27(2,3)26(29(7)32(30)28(4,5)6)24-20-14-15-21-25(24)31(22-16-10-8-11-17-22)23-18-12-9-13-19-23/h8-21,26H,1-7H3/t26-,32-/m1/s1. The Labute approximate surface area is 198 Å². The molecule has 3 aromatic carbocycles. The number of rotatable bonds is 6. The largest absolute Gasteiger partial charge is 0.242 e. The van der Waals surface area contributed by atoms with Crippen molar-refractivity contribution in [3.63, 3.8) is 0 Å². The third-order valence-electron chi connectivity index (χ3n) is 5.47. The monoisotopic (exact) mass is 465 g/mol. The molecule has 0 bridgehead atoms. The Bertz CT molecular complexity index is 999. The van der Waals surface area contributed by atoms with E-state index in [9.17, 15) is 4.21 Å². The van der Waals surface area contributed by atoms with Crippen molar-refractivity contribution in [2.75, 3.05) is 7.05 Å². The first-order valence-corrected chi connectivity index (χ1v) is 13.6. The van der Waals surface area contributed by atoms with E-state index in [4.69, 9.17) is 0 Å². The smallest absolute Gasteiger partial charge is 0.100 e. The van der Waals surface area contributed by atoms with Gasteiger partial charge >= 0.3 is 0 Å². The second-order valence-electron chi connectivity index (χ2n) is 10.2.